The zero-order valence-electron chi connectivity index (χ0n) is 18.8. The Kier molecular flexibility index (Phi) is 6.52. The Hall–Kier alpha value is -3.24. The lowest BCUT2D eigenvalue weighted by Crippen LogP contribution is -2.18. The lowest BCUT2D eigenvalue weighted by Gasteiger charge is -2.19. The van der Waals surface area contributed by atoms with Gasteiger partial charge in [-0.3, -0.25) is 9.89 Å². The quantitative estimate of drug-likeness (QED) is 0.639. The Bertz CT molecular complexity index is 1110. The van der Waals surface area contributed by atoms with Crippen molar-refractivity contribution >= 4 is 17.3 Å². The third-order valence-corrected chi connectivity index (χ3v) is 5.95. The highest BCUT2D eigenvalue weighted by Gasteiger charge is 2.22. The number of aliphatic imine (C=N–C) groups is 1. The lowest BCUT2D eigenvalue weighted by atomic mass is 9.89. The van der Waals surface area contributed by atoms with Gasteiger partial charge in [0.2, 0.25) is 0 Å². The molecule has 0 bridgehead atoms. The van der Waals surface area contributed by atoms with Crippen molar-refractivity contribution < 1.29 is 9.90 Å². The largest absolute Gasteiger partial charge is 0.478 e. The van der Waals surface area contributed by atoms with Gasteiger partial charge >= 0.3 is 5.97 Å². The zero-order valence-corrected chi connectivity index (χ0v) is 18.8. The maximum atomic E-state index is 11.9. The summed E-state index contributed by atoms with van der Waals surface area (Å²) in [4.78, 5) is 18.9. The van der Waals surface area contributed by atoms with Crippen LogP contribution < -0.4 is 0 Å². The first kappa shape index (κ1) is 22.0. The van der Waals surface area contributed by atoms with Crippen LogP contribution in [0.25, 0.3) is 16.7 Å². The van der Waals surface area contributed by atoms with Crippen molar-refractivity contribution in [1.82, 2.24) is 4.90 Å². The zero-order chi connectivity index (χ0) is 22.7. The van der Waals surface area contributed by atoms with Crippen molar-refractivity contribution in [3.05, 3.63) is 89.5 Å². The molecule has 32 heavy (non-hydrogen) atoms. The number of carboxylic acid groups (broad SMARTS) is 1. The highest BCUT2D eigenvalue weighted by molar-refractivity contribution is 6.30. The second-order valence-electron chi connectivity index (χ2n) is 8.78. The van der Waals surface area contributed by atoms with Crippen LogP contribution in [0, 0.1) is 0 Å². The van der Waals surface area contributed by atoms with Crippen LogP contribution in [0.3, 0.4) is 0 Å². The topological polar surface area (TPSA) is 52.9 Å². The summed E-state index contributed by atoms with van der Waals surface area (Å²) >= 11 is 0. The minimum atomic E-state index is -0.983. The second kappa shape index (κ2) is 9.49. The van der Waals surface area contributed by atoms with Gasteiger partial charge < -0.3 is 5.11 Å². The number of rotatable bonds is 6. The average molecular weight is 427 g/mol. The number of allylic oxidation sites excluding steroid dienone is 4. The normalized spacial score (nSPS) is 18.2. The molecule has 0 saturated carbocycles. The predicted octanol–water partition coefficient (Wildman–Crippen LogP) is 5.76. The van der Waals surface area contributed by atoms with Gasteiger partial charge in [0, 0.05) is 12.6 Å². The lowest BCUT2D eigenvalue weighted by molar-refractivity contribution is -0.132. The molecule has 1 aliphatic carbocycles. The van der Waals surface area contributed by atoms with E-state index < -0.39 is 5.97 Å². The summed E-state index contributed by atoms with van der Waals surface area (Å²) < 4.78 is 0. The third-order valence-electron chi connectivity index (χ3n) is 5.95. The molecule has 1 saturated heterocycles. The Morgan fingerprint density at radius 2 is 1.69 bits per heavy atom. The van der Waals surface area contributed by atoms with Crippen molar-refractivity contribution in [2.75, 3.05) is 13.1 Å². The van der Waals surface area contributed by atoms with E-state index in [1.165, 1.54) is 42.6 Å². The molecule has 4 rings (SSSR count). The third kappa shape index (κ3) is 4.81. The molecule has 0 unspecified atom stereocenters. The summed E-state index contributed by atoms with van der Waals surface area (Å²) in [6, 6.07) is 16.9. The smallest absolute Gasteiger partial charge is 0.337 e. The molecule has 2 aromatic rings. The number of hydrogen-bond donors (Lipinski definition) is 1. The number of benzene rings is 2. The highest BCUT2D eigenvalue weighted by Crippen LogP contribution is 2.31. The maximum absolute atomic E-state index is 11.9. The molecule has 0 amide bonds. The summed E-state index contributed by atoms with van der Waals surface area (Å²) in [5, 5.41) is 9.72. The van der Waals surface area contributed by atoms with E-state index in [0.29, 0.717) is 11.3 Å². The molecule has 1 heterocycles. The van der Waals surface area contributed by atoms with Crippen LogP contribution in [-0.4, -0.2) is 40.8 Å². The molecule has 0 spiro atoms. The first-order valence-corrected chi connectivity index (χ1v) is 11.3. The Morgan fingerprint density at radius 3 is 2.34 bits per heavy atom. The monoisotopic (exact) mass is 426 g/mol. The van der Waals surface area contributed by atoms with Crippen molar-refractivity contribution in [1.29, 1.82) is 0 Å². The van der Waals surface area contributed by atoms with Crippen LogP contribution in [0.5, 0.6) is 0 Å². The molecule has 0 radical (unpaired) electrons. The Morgan fingerprint density at radius 1 is 1.03 bits per heavy atom. The van der Waals surface area contributed by atoms with Gasteiger partial charge in [0.05, 0.1) is 11.3 Å². The molecule has 164 valence electrons. The number of aliphatic carboxylic acids is 1. The van der Waals surface area contributed by atoms with E-state index in [0.717, 1.165) is 17.7 Å². The van der Waals surface area contributed by atoms with Gasteiger partial charge in [0.15, 0.2) is 0 Å². The number of likely N-dealkylation sites (tertiary alicyclic amines) is 1. The van der Waals surface area contributed by atoms with Gasteiger partial charge in [0.25, 0.3) is 0 Å². The summed E-state index contributed by atoms with van der Waals surface area (Å²) in [5.41, 5.74) is 6.86. The molecule has 0 aromatic heterocycles. The molecular formula is C28H30N2O2. The standard InChI is InChI=1S/C28H30N2O2/c1-19(2)29-27-20(3)16-24(17-26(27)28(31)32)21-10-12-22(13-11-21)25-9-5-4-8-23(25)18-30-14-6-7-15-30/h4-5,8-13,16-17,19H,3,6-7,14-15,18H2,1-2H3,(H,31,32)/b29-27+. The van der Waals surface area contributed by atoms with Crippen LogP contribution >= 0.6 is 0 Å². The average Bonchev–Trinajstić information content (AvgIpc) is 3.28. The number of carboxylic acids is 1. The van der Waals surface area contributed by atoms with E-state index in [1.54, 1.807) is 6.08 Å². The minimum Gasteiger partial charge on any atom is -0.478 e. The molecule has 1 fully saturated rings. The summed E-state index contributed by atoms with van der Waals surface area (Å²) in [7, 11) is 0. The Balaban J connectivity index is 1.62. The summed E-state index contributed by atoms with van der Waals surface area (Å²) in [6.07, 6.45) is 6.19. The van der Waals surface area contributed by atoms with Crippen LogP contribution in [0.4, 0.5) is 0 Å². The van der Waals surface area contributed by atoms with Crippen LogP contribution in [0.1, 0.15) is 37.8 Å². The molecular weight excluding hydrogens is 396 g/mol. The van der Waals surface area contributed by atoms with Gasteiger partial charge in [-0.25, -0.2) is 4.79 Å². The van der Waals surface area contributed by atoms with E-state index >= 15 is 0 Å². The summed E-state index contributed by atoms with van der Waals surface area (Å²) in [5.74, 6) is -0.983. The van der Waals surface area contributed by atoms with Crippen LogP contribution in [-0.2, 0) is 11.3 Å². The van der Waals surface area contributed by atoms with Crippen molar-refractivity contribution in [2.45, 2.75) is 39.3 Å². The second-order valence-corrected chi connectivity index (χ2v) is 8.78. The predicted molar refractivity (Wildman–Crippen MR) is 132 cm³/mol. The van der Waals surface area contributed by atoms with Gasteiger partial charge in [-0.15, -0.1) is 0 Å². The van der Waals surface area contributed by atoms with Gasteiger partial charge in [-0.2, -0.15) is 0 Å². The molecule has 1 aliphatic heterocycles. The van der Waals surface area contributed by atoms with Gasteiger partial charge in [-0.05, 0) is 85.3 Å². The van der Waals surface area contributed by atoms with Crippen molar-refractivity contribution in [3.8, 4) is 11.1 Å². The fraction of sp³-hybridized carbons (Fsp3) is 0.286. The molecule has 2 aliphatic rings. The molecule has 2 aromatic carbocycles. The fourth-order valence-electron chi connectivity index (χ4n) is 4.40. The Labute approximate surface area is 190 Å². The molecule has 1 N–H and O–H groups in total. The maximum Gasteiger partial charge on any atom is 0.337 e. The number of hydrogen-bond acceptors (Lipinski definition) is 3. The van der Waals surface area contributed by atoms with Gasteiger partial charge in [0.1, 0.15) is 0 Å². The van der Waals surface area contributed by atoms with Crippen molar-refractivity contribution in [2.24, 2.45) is 4.99 Å². The number of nitrogens with zero attached hydrogens (tertiary/aromatic N) is 2. The van der Waals surface area contributed by atoms with E-state index in [4.69, 9.17) is 0 Å². The van der Waals surface area contributed by atoms with E-state index in [9.17, 15) is 9.90 Å². The molecule has 4 nitrogen and oxygen atoms in total. The minimum absolute atomic E-state index is 0.000592. The highest BCUT2D eigenvalue weighted by atomic mass is 16.4. The first-order chi connectivity index (χ1) is 15.4. The van der Waals surface area contributed by atoms with Crippen LogP contribution in [0.15, 0.2) is 83.4 Å². The number of carbonyl (C=O) groups is 1. The molecule has 4 heteroatoms. The van der Waals surface area contributed by atoms with E-state index in [1.807, 2.05) is 19.9 Å². The first-order valence-electron chi connectivity index (χ1n) is 11.3. The molecule has 0 atom stereocenters. The van der Waals surface area contributed by atoms with Crippen LogP contribution in [0.2, 0.25) is 0 Å². The fourth-order valence-corrected chi connectivity index (χ4v) is 4.40. The summed E-state index contributed by atoms with van der Waals surface area (Å²) in [6.45, 7) is 11.2. The van der Waals surface area contributed by atoms with E-state index in [2.05, 4.69) is 65.0 Å². The SMILES string of the molecule is C=C1C=C(c2ccc(-c3ccccc3CN3CCCC3)cc2)C=C(C(=O)O)/C1=N/C(C)C. The van der Waals surface area contributed by atoms with Gasteiger partial charge in [-0.1, -0.05) is 55.1 Å². The van der Waals surface area contributed by atoms with E-state index in [-0.39, 0.29) is 11.6 Å². The van der Waals surface area contributed by atoms with Crippen molar-refractivity contribution in [3.63, 3.8) is 0 Å².